The van der Waals surface area contributed by atoms with Gasteiger partial charge in [-0.05, 0) is 31.0 Å². The van der Waals surface area contributed by atoms with E-state index in [1.54, 1.807) is 6.07 Å². The van der Waals surface area contributed by atoms with Gasteiger partial charge < -0.3 is 10.0 Å². The fraction of sp³-hybridized carbons (Fsp3) is 0.538. The van der Waals surface area contributed by atoms with Crippen LogP contribution in [0.15, 0.2) is 18.2 Å². The Morgan fingerprint density at radius 3 is 2.33 bits per heavy atom. The monoisotopic (exact) mass is 261 g/mol. The van der Waals surface area contributed by atoms with Crippen LogP contribution in [0.25, 0.3) is 0 Å². The van der Waals surface area contributed by atoms with Gasteiger partial charge in [-0.3, -0.25) is 0 Å². The van der Waals surface area contributed by atoms with Crippen molar-refractivity contribution < 1.29 is 18.3 Å². The molecule has 0 amide bonds. The van der Waals surface area contributed by atoms with Gasteiger partial charge in [-0.2, -0.15) is 13.2 Å². The van der Waals surface area contributed by atoms with Gasteiger partial charge in [-0.25, -0.2) is 0 Å². The maximum absolute atomic E-state index is 12.8. The van der Waals surface area contributed by atoms with Crippen LogP contribution >= 0.6 is 0 Å². The maximum atomic E-state index is 12.8. The van der Waals surface area contributed by atoms with E-state index < -0.39 is 18.3 Å². The fourth-order valence-electron chi connectivity index (χ4n) is 1.90. The van der Waals surface area contributed by atoms with E-state index >= 15 is 0 Å². The number of hydrogen-bond acceptors (Lipinski definition) is 2. The Balaban J connectivity index is 3.17. The summed E-state index contributed by atoms with van der Waals surface area (Å²) in [5, 5.41) is 8.96. The lowest BCUT2D eigenvalue weighted by atomic mass is 10.1. The van der Waals surface area contributed by atoms with Crippen molar-refractivity contribution in [2.45, 2.75) is 33.1 Å². The SMILES string of the molecule is CCCN(CC)c1ccc(CO)c(C(F)(F)F)c1. The molecule has 0 radical (unpaired) electrons. The molecule has 0 fully saturated rings. The minimum atomic E-state index is -4.43. The zero-order valence-electron chi connectivity index (χ0n) is 10.6. The lowest BCUT2D eigenvalue weighted by Crippen LogP contribution is -2.24. The molecule has 0 saturated heterocycles. The number of anilines is 1. The molecule has 1 aromatic rings. The van der Waals surface area contributed by atoms with Crippen LogP contribution in [0.1, 0.15) is 31.4 Å². The second-order valence-corrected chi connectivity index (χ2v) is 4.08. The predicted molar refractivity (Wildman–Crippen MR) is 65.5 cm³/mol. The average Bonchev–Trinajstić information content (AvgIpc) is 2.34. The zero-order chi connectivity index (χ0) is 13.8. The zero-order valence-corrected chi connectivity index (χ0v) is 10.6. The molecule has 0 aliphatic carbocycles. The van der Waals surface area contributed by atoms with Crippen molar-refractivity contribution >= 4 is 5.69 Å². The van der Waals surface area contributed by atoms with E-state index in [9.17, 15) is 13.2 Å². The lowest BCUT2D eigenvalue weighted by Gasteiger charge is -2.24. The molecule has 1 rings (SSSR count). The van der Waals surface area contributed by atoms with E-state index in [0.29, 0.717) is 18.8 Å². The molecule has 5 heteroatoms. The van der Waals surface area contributed by atoms with Crippen LogP contribution in [0.3, 0.4) is 0 Å². The summed E-state index contributed by atoms with van der Waals surface area (Å²) in [6.07, 6.45) is -3.56. The van der Waals surface area contributed by atoms with E-state index in [1.165, 1.54) is 6.07 Å². The molecular weight excluding hydrogens is 243 g/mol. The third-order valence-corrected chi connectivity index (χ3v) is 2.81. The average molecular weight is 261 g/mol. The van der Waals surface area contributed by atoms with E-state index in [4.69, 9.17) is 5.11 Å². The van der Waals surface area contributed by atoms with Crippen LogP contribution in [0.5, 0.6) is 0 Å². The summed E-state index contributed by atoms with van der Waals surface area (Å²) in [5.41, 5.74) is -0.292. The molecule has 0 aliphatic rings. The number of benzene rings is 1. The summed E-state index contributed by atoms with van der Waals surface area (Å²) in [7, 11) is 0. The largest absolute Gasteiger partial charge is 0.416 e. The normalized spacial score (nSPS) is 11.7. The van der Waals surface area contributed by atoms with Gasteiger partial charge in [0.25, 0.3) is 0 Å². The minimum absolute atomic E-state index is 0.0844. The number of aliphatic hydroxyl groups is 1. The Morgan fingerprint density at radius 2 is 1.89 bits per heavy atom. The minimum Gasteiger partial charge on any atom is -0.392 e. The summed E-state index contributed by atoms with van der Waals surface area (Å²) < 4.78 is 38.5. The first kappa shape index (κ1) is 14.8. The summed E-state index contributed by atoms with van der Waals surface area (Å²) in [6, 6.07) is 4.08. The standard InChI is InChI=1S/C13H18F3NO/c1-3-7-17(4-2)11-6-5-10(9-18)12(8-11)13(14,15)16/h5-6,8,18H,3-4,7,9H2,1-2H3. The number of rotatable bonds is 5. The van der Waals surface area contributed by atoms with Crippen LogP contribution < -0.4 is 4.90 Å². The van der Waals surface area contributed by atoms with E-state index in [-0.39, 0.29) is 5.56 Å². The first-order valence-electron chi connectivity index (χ1n) is 6.00. The number of aliphatic hydroxyl groups excluding tert-OH is 1. The topological polar surface area (TPSA) is 23.5 Å². The molecule has 0 atom stereocenters. The van der Waals surface area contributed by atoms with Gasteiger partial charge in [0.1, 0.15) is 0 Å². The third kappa shape index (κ3) is 3.38. The number of halogens is 3. The molecule has 0 spiro atoms. The summed E-state index contributed by atoms with van der Waals surface area (Å²) >= 11 is 0. The predicted octanol–water partition coefficient (Wildman–Crippen LogP) is 3.43. The van der Waals surface area contributed by atoms with Gasteiger partial charge in [0.2, 0.25) is 0 Å². The van der Waals surface area contributed by atoms with Gasteiger partial charge in [0.05, 0.1) is 12.2 Å². The number of nitrogens with zero attached hydrogens (tertiary/aromatic N) is 1. The summed E-state index contributed by atoms with van der Waals surface area (Å²) in [6.45, 7) is 4.66. The Hall–Kier alpha value is -1.23. The van der Waals surface area contributed by atoms with Crippen molar-refractivity contribution in [1.82, 2.24) is 0 Å². The van der Waals surface area contributed by atoms with Crippen LogP contribution in [-0.4, -0.2) is 18.2 Å². The Morgan fingerprint density at radius 1 is 1.22 bits per heavy atom. The number of alkyl halides is 3. The van der Waals surface area contributed by atoms with Gasteiger partial charge in [0, 0.05) is 18.8 Å². The summed E-state index contributed by atoms with van der Waals surface area (Å²) in [4.78, 5) is 1.89. The van der Waals surface area contributed by atoms with Crippen molar-refractivity contribution in [1.29, 1.82) is 0 Å². The quantitative estimate of drug-likeness (QED) is 0.877. The molecule has 0 aliphatic heterocycles. The Bertz CT molecular complexity index is 390. The van der Waals surface area contributed by atoms with E-state index in [0.717, 1.165) is 12.5 Å². The second kappa shape index (κ2) is 6.09. The molecule has 102 valence electrons. The molecule has 0 bridgehead atoms. The van der Waals surface area contributed by atoms with Gasteiger partial charge >= 0.3 is 6.18 Å². The first-order valence-corrected chi connectivity index (χ1v) is 6.00. The Labute approximate surface area is 105 Å². The highest BCUT2D eigenvalue weighted by molar-refractivity contribution is 5.51. The van der Waals surface area contributed by atoms with Gasteiger partial charge in [0.15, 0.2) is 0 Å². The highest BCUT2D eigenvalue weighted by Crippen LogP contribution is 2.34. The first-order chi connectivity index (χ1) is 8.43. The molecule has 2 nitrogen and oxygen atoms in total. The molecule has 0 heterocycles. The van der Waals surface area contributed by atoms with Crippen LogP contribution in [0, 0.1) is 0 Å². The molecule has 1 N–H and O–H groups in total. The third-order valence-electron chi connectivity index (χ3n) is 2.81. The molecular formula is C13H18F3NO. The number of hydrogen-bond donors (Lipinski definition) is 1. The van der Waals surface area contributed by atoms with Crippen LogP contribution in [-0.2, 0) is 12.8 Å². The van der Waals surface area contributed by atoms with Crippen LogP contribution in [0.4, 0.5) is 18.9 Å². The highest BCUT2D eigenvalue weighted by atomic mass is 19.4. The van der Waals surface area contributed by atoms with E-state index in [1.807, 2.05) is 18.7 Å². The molecule has 1 aromatic carbocycles. The van der Waals surface area contributed by atoms with Crippen molar-refractivity contribution in [3.63, 3.8) is 0 Å². The van der Waals surface area contributed by atoms with Crippen molar-refractivity contribution in [2.75, 3.05) is 18.0 Å². The van der Waals surface area contributed by atoms with Gasteiger partial charge in [-0.1, -0.05) is 13.0 Å². The Kier molecular flexibility index (Phi) is 5.02. The second-order valence-electron chi connectivity index (χ2n) is 4.08. The van der Waals surface area contributed by atoms with E-state index in [2.05, 4.69) is 0 Å². The fourth-order valence-corrected chi connectivity index (χ4v) is 1.90. The lowest BCUT2D eigenvalue weighted by molar-refractivity contribution is -0.138. The van der Waals surface area contributed by atoms with Crippen molar-refractivity contribution in [2.24, 2.45) is 0 Å². The van der Waals surface area contributed by atoms with Crippen LogP contribution in [0.2, 0.25) is 0 Å². The van der Waals surface area contributed by atoms with Crippen molar-refractivity contribution in [3.8, 4) is 0 Å². The molecule has 0 unspecified atom stereocenters. The molecule has 18 heavy (non-hydrogen) atoms. The molecule has 0 aromatic heterocycles. The smallest absolute Gasteiger partial charge is 0.392 e. The molecule has 0 saturated carbocycles. The van der Waals surface area contributed by atoms with Crippen molar-refractivity contribution in [3.05, 3.63) is 29.3 Å². The highest BCUT2D eigenvalue weighted by Gasteiger charge is 2.33. The van der Waals surface area contributed by atoms with Gasteiger partial charge in [-0.15, -0.1) is 0 Å². The maximum Gasteiger partial charge on any atom is 0.416 e. The summed E-state index contributed by atoms with van der Waals surface area (Å²) in [5.74, 6) is 0.